The van der Waals surface area contributed by atoms with E-state index in [0.717, 1.165) is 24.3 Å². The summed E-state index contributed by atoms with van der Waals surface area (Å²) in [5, 5.41) is 20.5. The molecule has 1 N–H and O–H groups in total. The zero-order valence-corrected chi connectivity index (χ0v) is 22.0. The number of halogens is 1. The average Bonchev–Trinajstić information content (AvgIpc) is 2.60. The zero-order chi connectivity index (χ0) is 20.7. The van der Waals surface area contributed by atoms with Crippen molar-refractivity contribution in [3.05, 3.63) is 53.6 Å². The van der Waals surface area contributed by atoms with Gasteiger partial charge in [-0.05, 0) is 47.9 Å². The van der Waals surface area contributed by atoms with E-state index in [1.165, 1.54) is 24.3 Å². The van der Waals surface area contributed by atoms with Crippen LogP contribution in [0.15, 0.2) is 68.6 Å². The normalized spacial score (nSPS) is 11.8. The van der Waals surface area contributed by atoms with Crippen molar-refractivity contribution in [1.29, 1.82) is 0 Å². The van der Waals surface area contributed by atoms with Gasteiger partial charge in [0.2, 0.25) is 0 Å². The molecule has 30 heavy (non-hydrogen) atoms. The second kappa shape index (κ2) is 10.4. The molecule has 0 heterocycles. The molecule has 146 valence electrons. The first-order valence-electron chi connectivity index (χ1n) is 7.35. The van der Waals surface area contributed by atoms with E-state index in [9.17, 15) is 31.0 Å². The fraction of sp³-hybridized carbons (Fsp3) is 0. The van der Waals surface area contributed by atoms with Crippen molar-refractivity contribution in [3.8, 4) is 5.75 Å². The Balaban J connectivity index is 0.00000225. The van der Waals surface area contributed by atoms with E-state index in [-0.39, 0.29) is 69.9 Å². The van der Waals surface area contributed by atoms with Gasteiger partial charge in [-0.1, -0.05) is 23.4 Å². The van der Waals surface area contributed by atoms with E-state index >= 15 is 0 Å². The summed E-state index contributed by atoms with van der Waals surface area (Å²) in [7, 11) is -9.78. The maximum Gasteiger partial charge on any atom is 1.00 e. The van der Waals surface area contributed by atoms with Gasteiger partial charge in [-0.15, -0.1) is 0 Å². The largest absolute Gasteiger partial charge is 1.00 e. The summed E-state index contributed by atoms with van der Waals surface area (Å²) in [5.41, 5.74) is -0.150. The Morgan fingerprint density at radius 3 is 2.03 bits per heavy atom. The van der Waals surface area contributed by atoms with Crippen LogP contribution >= 0.6 is 11.6 Å². The topological polar surface area (TPSA) is 159 Å². The molecule has 0 aliphatic rings. The van der Waals surface area contributed by atoms with Crippen molar-refractivity contribution in [3.63, 3.8) is 0 Å². The Kier molecular flexibility index (Phi) is 9.49. The van der Waals surface area contributed by atoms with E-state index in [1.807, 2.05) is 0 Å². The predicted molar refractivity (Wildman–Crippen MR) is 96.8 cm³/mol. The Morgan fingerprint density at radius 2 is 1.50 bits per heavy atom. The van der Waals surface area contributed by atoms with E-state index < -0.39 is 41.5 Å². The summed E-state index contributed by atoms with van der Waals surface area (Å²) < 4.78 is 66.0. The number of nitrogens with zero attached hydrogens (tertiary/aromatic N) is 2. The second-order valence-corrected chi connectivity index (χ2v) is 8.75. The first-order valence-corrected chi connectivity index (χ1v) is 10.6. The van der Waals surface area contributed by atoms with Crippen molar-refractivity contribution in [2.24, 2.45) is 10.2 Å². The first-order chi connectivity index (χ1) is 13.0. The molecule has 0 fully saturated rings. The van der Waals surface area contributed by atoms with Crippen LogP contribution in [0, 0.1) is 0 Å². The standard InChI is InChI=1S/C16H11ClN2O7S2.2Na/c17-10-1-3-11(4-2-10)18-19-15-13-6-5-12(27(21,22)23)7-9(13)8-14(16(15)20)28(24,25)26;;/h1-8,20H,(H,21,22,23)(H,24,25,26);;/q;2*+1/p-2. The number of benzene rings is 3. The molecule has 0 spiro atoms. The maximum atomic E-state index is 12.5. The predicted octanol–water partition coefficient (Wildman–Crippen LogP) is -2.86. The number of fused-ring (bicyclic) bond motifs is 1. The third-order valence-corrected chi connectivity index (χ3v) is 5.60. The average molecular weight is 487 g/mol. The third kappa shape index (κ3) is 6.24. The molecule has 0 aliphatic carbocycles. The molecule has 3 rings (SSSR count). The van der Waals surface area contributed by atoms with Crippen molar-refractivity contribution in [1.82, 2.24) is 0 Å². The summed E-state index contributed by atoms with van der Waals surface area (Å²) in [6.45, 7) is 0. The Morgan fingerprint density at radius 1 is 0.900 bits per heavy atom. The van der Waals surface area contributed by atoms with Crippen LogP contribution in [0.25, 0.3) is 10.8 Å². The summed E-state index contributed by atoms with van der Waals surface area (Å²) >= 11 is 5.76. The van der Waals surface area contributed by atoms with E-state index in [2.05, 4.69) is 10.2 Å². The number of rotatable bonds is 4. The molecule has 9 nitrogen and oxygen atoms in total. The fourth-order valence-corrected chi connectivity index (χ4v) is 3.62. The smallest absolute Gasteiger partial charge is 0.870 e. The van der Waals surface area contributed by atoms with Crippen LogP contribution in [0.3, 0.4) is 0 Å². The van der Waals surface area contributed by atoms with Crippen LogP contribution < -0.4 is 64.2 Å². The van der Waals surface area contributed by atoms with Gasteiger partial charge >= 0.3 is 59.1 Å². The molecular weight excluding hydrogens is 478 g/mol. The van der Waals surface area contributed by atoms with Gasteiger partial charge in [0.15, 0.2) is 0 Å². The quantitative estimate of drug-likeness (QED) is 0.236. The van der Waals surface area contributed by atoms with Gasteiger partial charge in [-0.3, -0.25) is 4.55 Å². The van der Waals surface area contributed by atoms with Gasteiger partial charge in [-0.2, -0.15) is 18.6 Å². The SMILES string of the molecule is O=S(=O)([O-])c1ccc2c(N=Nc3ccc(Cl)cc3)c([O-])c(S(=O)(=O)O)cc2c1.[Na+].[Na+]. The molecule has 0 amide bonds. The molecule has 0 atom stereocenters. The van der Waals surface area contributed by atoms with Gasteiger partial charge in [-0.25, -0.2) is 8.42 Å². The van der Waals surface area contributed by atoms with Crippen LogP contribution in [0.5, 0.6) is 5.75 Å². The van der Waals surface area contributed by atoms with Gasteiger partial charge in [0, 0.05) is 10.4 Å². The van der Waals surface area contributed by atoms with Crippen LogP contribution in [-0.4, -0.2) is 25.9 Å². The fourth-order valence-electron chi connectivity index (χ4n) is 2.38. The molecule has 0 saturated carbocycles. The second-order valence-electron chi connectivity index (χ2n) is 5.54. The summed E-state index contributed by atoms with van der Waals surface area (Å²) in [4.78, 5) is -1.66. The van der Waals surface area contributed by atoms with Gasteiger partial charge in [0.1, 0.15) is 10.1 Å². The molecule has 0 aliphatic heterocycles. The monoisotopic (exact) mass is 486 g/mol. The molecule has 0 radical (unpaired) electrons. The first kappa shape index (κ1) is 27.5. The van der Waals surface area contributed by atoms with Crippen molar-refractivity contribution in [2.75, 3.05) is 0 Å². The Bertz CT molecular complexity index is 1330. The van der Waals surface area contributed by atoms with Crippen molar-refractivity contribution >= 4 is 54.0 Å². The summed E-state index contributed by atoms with van der Waals surface area (Å²) in [6.07, 6.45) is 0. The molecule has 0 saturated heterocycles. The zero-order valence-electron chi connectivity index (χ0n) is 15.6. The molecular formula is C16H9ClN2Na2O7S2. The minimum atomic E-state index is -4.94. The van der Waals surface area contributed by atoms with Crippen LogP contribution in [0.2, 0.25) is 5.02 Å². The maximum absolute atomic E-state index is 12.5. The van der Waals surface area contributed by atoms with E-state index in [0.29, 0.717) is 10.7 Å². The summed E-state index contributed by atoms with van der Waals surface area (Å²) in [5.74, 6) is -1.13. The number of hydrogen-bond acceptors (Lipinski definition) is 8. The molecule has 0 aromatic heterocycles. The van der Waals surface area contributed by atoms with Crippen LogP contribution in [-0.2, 0) is 20.2 Å². The molecule has 3 aromatic rings. The Labute approximate surface area is 221 Å². The number of hydrogen-bond donors (Lipinski definition) is 1. The molecule has 0 bridgehead atoms. The molecule has 14 heteroatoms. The van der Waals surface area contributed by atoms with Gasteiger partial charge in [0.25, 0.3) is 10.1 Å². The minimum absolute atomic E-state index is 0. The third-order valence-electron chi connectivity index (χ3n) is 3.66. The van der Waals surface area contributed by atoms with Crippen LogP contribution in [0.1, 0.15) is 0 Å². The van der Waals surface area contributed by atoms with E-state index in [1.54, 1.807) is 0 Å². The summed E-state index contributed by atoms with van der Waals surface area (Å²) in [6, 6.07) is 9.76. The van der Waals surface area contributed by atoms with E-state index in [4.69, 9.17) is 11.6 Å². The Hall–Kier alpha value is -0.570. The van der Waals surface area contributed by atoms with Gasteiger partial charge < -0.3 is 9.66 Å². The molecule has 0 unspecified atom stereocenters. The number of azo groups is 1. The minimum Gasteiger partial charge on any atom is -0.870 e. The molecule has 3 aromatic carbocycles. The van der Waals surface area contributed by atoms with Gasteiger partial charge in [0.05, 0.1) is 21.2 Å². The van der Waals surface area contributed by atoms with Crippen LogP contribution in [0.4, 0.5) is 11.4 Å². The van der Waals surface area contributed by atoms with Crippen molar-refractivity contribution in [2.45, 2.75) is 9.79 Å². The van der Waals surface area contributed by atoms with Crippen molar-refractivity contribution < 1.29 is 90.2 Å².